The highest BCUT2D eigenvalue weighted by molar-refractivity contribution is 7.16. The van der Waals surface area contributed by atoms with Gasteiger partial charge in [-0.3, -0.25) is 9.59 Å². The lowest BCUT2D eigenvalue weighted by atomic mass is 10.2. The molecular weight excluding hydrogens is 492 g/mol. The molecule has 0 saturated carbocycles. The molecule has 0 aliphatic carbocycles. The number of nitrogens with one attached hydrogen (secondary N) is 1. The fourth-order valence-corrected chi connectivity index (χ4v) is 5.02. The van der Waals surface area contributed by atoms with Crippen LogP contribution in [0, 0.1) is 0 Å². The molecule has 0 amide bonds. The molecule has 1 N–H and O–H groups in total. The van der Waals surface area contributed by atoms with Crippen LogP contribution in [-0.4, -0.2) is 30.2 Å². The Morgan fingerprint density at radius 3 is 2.68 bits per heavy atom. The lowest BCUT2D eigenvalue weighted by Crippen LogP contribution is -2.22. The van der Waals surface area contributed by atoms with Crippen molar-refractivity contribution in [3.8, 4) is 11.3 Å². The van der Waals surface area contributed by atoms with E-state index in [1.54, 1.807) is 48.9 Å². The van der Waals surface area contributed by atoms with E-state index in [1.807, 2.05) is 23.6 Å². The van der Waals surface area contributed by atoms with Crippen molar-refractivity contribution in [2.75, 3.05) is 5.32 Å². The van der Waals surface area contributed by atoms with Crippen molar-refractivity contribution in [3.05, 3.63) is 103 Å². The Labute approximate surface area is 207 Å². The molecule has 5 aromatic heterocycles. The molecule has 5 rings (SSSR count). The molecule has 11 heteroatoms. The van der Waals surface area contributed by atoms with E-state index in [0.717, 1.165) is 4.88 Å². The number of aromatic nitrogens is 5. The molecule has 0 atom stereocenters. The summed E-state index contributed by atoms with van der Waals surface area (Å²) in [4.78, 5) is 36.3. The van der Waals surface area contributed by atoms with Gasteiger partial charge >= 0.3 is 0 Å². The summed E-state index contributed by atoms with van der Waals surface area (Å²) in [7, 11) is 0. The maximum absolute atomic E-state index is 13.2. The van der Waals surface area contributed by atoms with Gasteiger partial charge in [-0.25, -0.2) is 9.97 Å². The third kappa shape index (κ3) is 4.69. The largest absolute Gasteiger partial charge is 0.365 e. The highest BCUT2D eigenvalue weighted by Gasteiger charge is 2.20. The fraction of sp³-hybridized carbons (Fsp3) is 0.0870. The van der Waals surface area contributed by atoms with E-state index in [9.17, 15) is 9.59 Å². The number of nitrogens with zero attached hydrogens (tertiary/aromatic N) is 5. The Hall–Kier alpha value is -3.60. The first-order chi connectivity index (χ1) is 16.6. The number of rotatable bonds is 7. The van der Waals surface area contributed by atoms with Crippen molar-refractivity contribution in [3.63, 3.8) is 0 Å². The number of hydrogen-bond donors (Lipinski definition) is 1. The molecule has 0 fully saturated rings. The van der Waals surface area contributed by atoms with Crippen LogP contribution in [0.3, 0.4) is 0 Å². The zero-order chi connectivity index (χ0) is 23.5. The molecule has 8 nitrogen and oxygen atoms in total. The first kappa shape index (κ1) is 22.2. The smallest absolute Gasteiger partial charge is 0.290 e. The molecular formula is C23H17ClN6O2S2. The first-order valence-electron chi connectivity index (χ1n) is 10.2. The highest BCUT2D eigenvalue weighted by atomic mass is 35.5. The molecule has 0 spiro atoms. The number of hydrogen-bond acceptors (Lipinski definition) is 8. The van der Waals surface area contributed by atoms with E-state index < -0.39 is 0 Å². The monoisotopic (exact) mass is 508 g/mol. The van der Waals surface area contributed by atoms with Crippen LogP contribution >= 0.6 is 34.3 Å². The average molecular weight is 509 g/mol. The lowest BCUT2D eigenvalue weighted by molar-refractivity contribution is 0.0952. The third-order valence-corrected chi connectivity index (χ3v) is 7.02. The summed E-state index contributed by atoms with van der Waals surface area (Å²) in [6.07, 6.45) is 4.94. The van der Waals surface area contributed by atoms with Gasteiger partial charge in [0.15, 0.2) is 0 Å². The second-order valence-corrected chi connectivity index (χ2v) is 9.94. The van der Waals surface area contributed by atoms with Gasteiger partial charge in [0.05, 0.1) is 27.9 Å². The normalized spacial score (nSPS) is 11.0. The molecule has 0 radical (unpaired) electrons. The van der Waals surface area contributed by atoms with Gasteiger partial charge < -0.3 is 9.88 Å². The Morgan fingerprint density at radius 2 is 1.94 bits per heavy atom. The first-order valence-corrected chi connectivity index (χ1v) is 12.3. The van der Waals surface area contributed by atoms with Crippen molar-refractivity contribution >= 4 is 46.0 Å². The Bertz CT molecular complexity index is 1490. The minimum absolute atomic E-state index is 0.229. The van der Waals surface area contributed by atoms with Crippen LogP contribution in [0.5, 0.6) is 0 Å². The van der Waals surface area contributed by atoms with Gasteiger partial charge in [-0.05, 0) is 41.8 Å². The number of halogens is 1. The van der Waals surface area contributed by atoms with E-state index >= 15 is 0 Å². The summed E-state index contributed by atoms with van der Waals surface area (Å²) in [6, 6.07) is 14.2. The van der Waals surface area contributed by atoms with E-state index in [-0.39, 0.29) is 18.0 Å². The number of carbonyl (C=O) groups is 1. The minimum atomic E-state index is -0.276. The Kier molecular flexibility index (Phi) is 6.35. The molecule has 0 aromatic carbocycles. The van der Waals surface area contributed by atoms with E-state index in [2.05, 4.69) is 20.4 Å². The van der Waals surface area contributed by atoms with E-state index in [1.165, 1.54) is 31.9 Å². The molecule has 0 saturated heterocycles. The summed E-state index contributed by atoms with van der Waals surface area (Å²) in [5.74, 6) is 0.734. The molecule has 5 aromatic rings. The van der Waals surface area contributed by atoms with Crippen molar-refractivity contribution in [1.29, 1.82) is 0 Å². The van der Waals surface area contributed by atoms with Crippen LogP contribution in [-0.2, 0) is 13.1 Å². The van der Waals surface area contributed by atoms with Gasteiger partial charge in [-0.1, -0.05) is 17.7 Å². The molecule has 5 heterocycles. The standard InChI is InChI=1S/C23H17ClN6O2S2/c24-19-7-6-15(34-19)13-27-21-12-17(28-30(21)23(32)18-5-2-11-33-18)16-4-1-10-29(22(16)31)14-20-25-8-3-9-26-20/h1-12,27H,13-14H2. The summed E-state index contributed by atoms with van der Waals surface area (Å²) in [5, 5.41) is 9.60. The zero-order valence-electron chi connectivity index (χ0n) is 17.6. The van der Waals surface area contributed by atoms with Crippen LogP contribution in [0.4, 0.5) is 5.82 Å². The molecule has 34 heavy (non-hydrogen) atoms. The van der Waals surface area contributed by atoms with Gasteiger partial charge in [0.25, 0.3) is 11.5 Å². The second-order valence-electron chi connectivity index (χ2n) is 7.19. The average Bonchev–Trinajstić information content (AvgIpc) is 3.61. The molecule has 0 unspecified atom stereocenters. The second kappa shape index (κ2) is 9.72. The number of thiophene rings is 2. The van der Waals surface area contributed by atoms with Crippen LogP contribution in [0.25, 0.3) is 11.3 Å². The maximum Gasteiger partial charge on any atom is 0.290 e. The molecule has 0 bridgehead atoms. The highest BCUT2D eigenvalue weighted by Crippen LogP contribution is 2.25. The number of anilines is 1. The molecule has 0 aliphatic heterocycles. The predicted octanol–water partition coefficient (Wildman–Crippen LogP) is 4.63. The van der Waals surface area contributed by atoms with Crippen molar-refractivity contribution in [2.45, 2.75) is 13.1 Å². The van der Waals surface area contributed by atoms with Gasteiger partial charge in [-0.2, -0.15) is 9.78 Å². The van der Waals surface area contributed by atoms with Gasteiger partial charge in [0.1, 0.15) is 17.3 Å². The zero-order valence-corrected chi connectivity index (χ0v) is 20.0. The third-order valence-electron chi connectivity index (χ3n) is 4.93. The molecule has 170 valence electrons. The van der Waals surface area contributed by atoms with Crippen LogP contribution in [0.1, 0.15) is 20.4 Å². The fourth-order valence-electron chi connectivity index (χ4n) is 3.34. The number of pyridine rings is 1. The number of carbonyl (C=O) groups excluding carboxylic acids is 1. The predicted molar refractivity (Wildman–Crippen MR) is 134 cm³/mol. The summed E-state index contributed by atoms with van der Waals surface area (Å²) >= 11 is 8.82. The minimum Gasteiger partial charge on any atom is -0.365 e. The van der Waals surface area contributed by atoms with Crippen LogP contribution in [0.2, 0.25) is 4.34 Å². The van der Waals surface area contributed by atoms with Gasteiger partial charge in [-0.15, -0.1) is 22.7 Å². The summed E-state index contributed by atoms with van der Waals surface area (Å²) in [5.41, 5.74) is 0.517. The van der Waals surface area contributed by atoms with Crippen LogP contribution < -0.4 is 10.9 Å². The van der Waals surface area contributed by atoms with E-state index in [0.29, 0.717) is 38.7 Å². The van der Waals surface area contributed by atoms with Crippen molar-refractivity contribution in [2.24, 2.45) is 0 Å². The van der Waals surface area contributed by atoms with E-state index in [4.69, 9.17) is 11.6 Å². The van der Waals surface area contributed by atoms with Crippen molar-refractivity contribution in [1.82, 2.24) is 24.3 Å². The Morgan fingerprint density at radius 1 is 1.09 bits per heavy atom. The quantitative estimate of drug-likeness (QED) is 0.344. The van der Waals surface area contributed by atoms with Gasteiger partial charge in [0, 0.05) is 29.5 Å². The SMILES string of the molecule is O=C(c1cccs1)n1nc(-c2cccn(Cc3ncccn3)c2=O)cc1NCc1ccc(Cl)s1. The van der Waals surface area contributed by atoms with Crippen molar-refractivity contribution < 1.29 is 4.79 Å². The topological polar surface area (TPSA) is 94.7 Å². The lowest BCUT2D eigenvalue weighted by Gasteiger charge is -2.06. The summed E-state index contributed by atoms with van der Waals surface area (Å²) < 4.78 is 3.51. The Balaban J connectivity index is 1.51. The maximum atomic E-state index is 13.2. The van der Waals surface area contributed by atoms with Crippen LogP contribution in [0.15, 0.2) is 77.3 Å². The van der Waals surface area contributed by atoms with Gasteiger partial charge in [0.2, 0.25) is 0 Å². The molecule has 0 aliphatic rings. The summed E-state index contributed by atoms with van der Waals surface area (Å²) in [6.45, 7) is 0.692.